The van der Waals surface area contributed by atoms with Gasteiger partial charge in [0.15, 0.2) is 8.32 Å². The molecule has 0 amide bonds. The van der Waals surface area contributed by atoms with E-state index < -0.39 is 8.32 Å². The van der Waals surface area contributed by atoms with Gasteiger partial charge in [-0.2, -0.15) is 0 Å². The second-order valence-electron chi connectivity index (χ2n) is 9.87. The molecule has 0 aromatic carbocycles. The number of rotatable bonds is 5. The summed E-state index contributed by atoms with van der Waals surface area (Å²) < 4.78 is 17.3. The maximum atomic E-state index is 12.9. The molecule has 2 aliphatic carbocycles. The lowest BCUT2D eigenvalue weighted by molar-refractivity contribution is -0.159. The van der Waals surface area contributed by atoms with Gasteiger partial charge in [0.05, 0.1) is 31.7 Å². The Morgan fingerprint density at radius 1 is 1.11 bits per heavy atom. The van der Waals surface area contributed by atoms with Crippen LogP contribution in [0.15, 0.2) is 12.2 Å². The van der Waals surface area contributed by atoms with Gasteiger partial charge in [-0.3, -0.25) is 9.59 Å². The Bertz CT molecular complexity index is 607. The second kappa shape index (κ2) is 8.70. The first kappa shape index (κ1) is 23.1. The molecule has 0 bridgehead atoms. The van der Waals surface area contributed by atoms with E-state index >= 15 is 0 Å². The highest BCUT2D eigenvalue weighted by Gasteiger charge is 2.52. The molecule has 1 saturated carbocycles. The average Bonchev–Trinajstić information content (AvgIpc) is 2.59. The van der Waals surface area contributed by atoms with Crippen LogP contribution in [0.3, 0.4) is 0 Å². The van der Waals surface area contributed by atoms with E-state index in [2.05, 4.69) is 52.9 Å². The molecule has 0 saturated heterocycles. The summed E-state index contributed by atoms with van der Waals surface area (Å²) in [4.78, 5) is 25.2. The first-order valence-electron chi connectivity index (χ1n) is 10.5. The van der Waals surface area contributed by atoms with Gasteiger partial charge in [0.1, 0.15) is 0 Å². The normalized spacial score (nSPS) is 33.1. The average molecular weight is 411 g/mol. The zero-order chi connectivity index (χ0) is 21.3. The molecule has 160 valence electrons. The quantitative estimate of drug-likeness (QED) is 0.377. The SMILES string of the molecule is CCOC(=O)[C@@H]1C2C(C=C[C@@H]1C)C[C@H](C(=O)OC)C[C@@H]2O[Si](C)(C)C(C)(C)C. The highest BCUT2D eigenvalue weighted by molar-refractivity contribution is 6.74. The van der Waals surface area contributed by atoms with Crippen molar-refractivity contribution in [2.75, 3.05) is 13.7 Å². The predicted octanol–water partition coefficient (Wildman–Crippen LogP) is 4.58. The zero-order valence-corrected chi connectivity index (χ0v) is 19.8. The summed E-state index contributed by atoms with van der Waals surface area (Å²) in [5, 5.41) is 0.0518. The molecule has 0 spiro atoms. The predicted molar refractivity (Wildman–Crippen MR) is 112 cm³/mol. The fraction of sp³-hybridized carbons (Fsp3) is 0.818. The first-order valence-corrected chi connectivity index (χ1v) is 13.4. The van der Waals surface area contributed by atoms with Gasteiger partial charge in [-0.05, 0) is 49.7 Å². The summed E-state index contributed by atoms with van der Waals surface area (Å²) in [6, 6.07) is 0. The Balaban J connectivity index is 2.41. The van der Waals surface area contributed by atoms with Gasteiger partial charge in [0.25, 0.3) is 0 Å². The highest BCUT2D eigenvalue weighted by atomic mass is 28.4. The molecule has 2 rings (SSSR count). The molecule has 28 heavy (non-hydrogen) atoms. The maximum Gasteiger partial charge on any atom is 0.309 e. The molecule has 2 unspecified atom stereocenters. The molecule has 0 N–H and O–H groups in total. The van der Waals surface area contributed by atoms with Crippen molar-refractivity contribution in [3.05, 3.63) is 12.2 Å². The molecule has 6 heteroatoms. The van der Waals surface area contributed by atoms with Crippen LogP contribution in [-0.4, -0.2) is 40.1 Å². The van der Waals surface area contributed by atoms with Crippen molar-refractivity contribution in [3.63, 3.8) is 0 Å². The number of carbonyl (C=O) groups excluding carboxylic acids is 2. The van der Waals surface area contributed by atoms with E-state index in [9.17, 15) is 9.59 Å². The third kappa shape index (κ3) is 4.70. The van der Waals surface area contributed by atoms with Crippen molar-refractivity contribution in [3.8, 4) is 0 Å². The van der Waals surface area contributed by atoms with Crippen LogP contribution < -0.4 is 0 Å². The minimum Gasteiger partial charge on any atom is -0.469 e. The van der Waals surface area contributed by atoms with Gasteiger partial charge in [0.2, 0.25) is 0 Å². The van der Waals surface area contributed by atoms with E-state index in [1.54, 1.807) is 0 Å². The molecule has 2 aliphatic rings. The van der Waals surface area contributed by atoms with Crippen LogP contribution in [0, 0.1) is 29.6 Å². The summed E-state index contributed by atoms with van der Waals surface area (Å²) in [5.74, 6) is -0.491. The third-order valence-electron chi connectivity index (χ3n) is 6.99. The van der Waals surface area contributed by atoms with Gasteiger partial charge in [-0.1, -0.05) is 39.8 Å². The Labute approximate surface area is 171 Å². The Morgan fingerprint density at radius 2 is 1.75 bits per heavy atom. The van der Waals surface area contributed by atoms with Crippen molar-refractivity contribution < 1.29 is 23.5 Å². The van der Waals surface area contributed by atoms with Crippen LogP contribution >= 0.6 is 0 Å². The molecule has 1 fully saturated rings. The largest absolute Gasteiger partial charge is 0.469 e. The number of allylic oxidation sites excluding steroid dienone is 2. The lowest BCUT2D eigenvalue weighted by Crippen LogP contribution is -2.54. The topological polar surface area (TPSA) is 61.8 Å². The van der Waals surface area contributed by atoms with Crippen LogP contribution in [0.5, 0.6) is 0 Å². The molecular formula is C22H38O5Si. The van der Waals surface area contributed by atoms with Crippen molar-refractivity contribution in [2.24, 2.45) is 29.6 Å². The van der Waals surface area contributed by atoms with Crippen molar-refractivity contribution >= 4 is 20.3 Å². The number of carbonyl (C=O) groups is 2. The maximum absolute atomic E-state index is 12.9. The third-order valence-corrected chi connectivity index (χ3v) is 11.5. The summed E-state index contributed by atoms with van der Waals surface area (Å²) in [6.07, 6.45) is 5.45. The van der Waals surface area contributed by atoms with Crippen molar-refractivity contribution in [2.45, 2.75) is 71.7 Å². The number of hydrogen-bond donors (Lipinski definition) is 0. The fourth-order valence-electron chi connectivity index (χ4n) is 4.44. The van der Waals surface area contributed by atoms with Gasteiger partial charge in [-0.15, -0.1) is 0 Å². The molecular weight excluding hydrogens is 372 g/mol. The van der Waals surface area contributed by atoms with Gasteiger partial charge in [-0.25, -0.2) is 0 Å². The lowest BCUT2D eigenvalue weighted by atomic mass is 9.61. The molecule has 0 radical (unpaired) electrons. The first-order chi connectivity index (χ1) is 12.9. The van der Waals surface area contributed by atoms with Crippen molar-refractivity contribution in [1.82, 2.24) is 0 Å². The fourth-order valence-corrected chi connectivity index (χ4v) is 5.80. The number of esters is 2. The minimum atomic E-state index is -2.08. The van der Waals surface area contributed by atoms with E-state index in [4.69, 9.17) is 13.9 Å². The van der Waals surface area contributed by atoms with Gasteiger partial charge < -0.3 is 13.9 Å². The molecule has 5 nitrogen and oxygen atoms in total. The number of methoxy groups -OCH3 is 1. The molecule has 0 aromatic rings. The van der Waals surface area contributed by atoms with E-state index in [1.807, 2.05) is 6.92 Å². The van der Waals surface area contributed by atoms with Crippen LogP contribution in [0.1, 0.15) is 47.5 Å². The molecule has 0 aromatic heterocycles. The molecule has 0 heterocycles. The highest BCUT2D eigenvalue weighted by Crippen LogP contribution is 2.49. The van der Waals surface area contributed by atoms with Crippen LogP contribution in [0.25, 0.3) is 0 Å². The van der Waals surface area contributed by atoms with Crippen LogP contribution in [-0.2, 0) is 23.5 Å². The van der Waals surface area contributed by atoms with Gasteiger partial charge >= 0.3 is 11.9 Å². The number of ether oxygens (including phenoxy) is 2. The smallest absolute Gasteiger partial charge is 0.309 e. The molecule has 6 atom stereocenters. The van der Waals surface area contributed by atoms with Gasteiger partial charge in [0, 0.05) is 5.92 Å². The summed E-state index contributed by atoms with van der Waals surface area (Å²) in [5.41, 5.74) is 0. The standard InChI is InChI=1S/C22H38O5Si/c1-9-26-21(24)18-14(2)10-11-15-12-16(20(23)25-6)13-17(19(15)18)27-28(7,8)22(3,4)5/h10-11,14-19H,9,12-13H2,1-8H3/t14-,15?,16-,17-,18-,19?/m0/s1. The van der Waals surface area contributed by atoms with E-state index in [1.165, 1.54) is 7.11 Å². The van der Waals surface area contributed by atoms with E-state index in [0.29, 0.717) is 19.4 Å². The van der Waals surface area contributed by atoms with E-state index in [-0.39, 0.29) is 52.7 Å². The summed E-state index contributed by atoms with van der Waals surface area (Å²) in [7, 11) is -0.634. The van der Waals surface area contributed by atoms with Crippen LogP contribution in [0.4, 0.5) is 0 Å². The Morgan fingerprint density at radius 3 is 2.29 bits per heavy atom. The van der Waals surface area contributed by atoms with Crippen molar-refractivity contribution in [1.29, 1.82) is 0 Å². The van der Waals surface area contributed by atoms with Crippen LogP contribution in [0.2, 0.25) is 18.1 Å². The second-order valence-corrected chi connectivity index (χ2v) is 14.6. The van der Waals surface area contributed by atoms with E-state index in [0.717, 1.165) is 0 Å². The minimum absolute atomic E-state index is 0.0362. The Kier molecular flexibility index (Phi) is 7.19. The Hall–Kier alpha value is -1.14. The number of fused-ring (bicyclic) bond motifs is 1. The summed E-state index contributed by atoms with van der Waals surface area (Å²) >= 11 is 0. The lowest BCUT2D eigenvalue weighted by Gasteiger charge is -2.50. The zero-order valence-electron chi connectivity index (χ0n) is 18.8. The number of hydrogen-bond acceptors (Lipinski definition) is 5. The summed E-state index contributed by atoms with van der Waals surface area (Å²) in [6.45, 7) is 15.4. The molecule has 0 aliphatic heterocycles. The monoisotopic (exact) mass is 410 g/mol.